The summed E-state index contributed by atoms with van der Waals surface area (Å²) in [6, 6.07) is 14.1. The van der Waals surface area contributed by atoms with Gasteiger partial charge in [-0.2, -0.15) is 0 Å². The average Bonchev–Trinajstić information content (AvgIpc) is 2.49. The Bertz CT molecular complexity index is 630. The quantitative estimate of drug-likeness (QED) is 0.859. The van der Waals surface area contributed by atoms with Gasteiger partial charge in [-0.15, -0.1) is 0 Å². The van der Waals surface area contributed by atoms with Crippen molar-refractivity contribution in [2.45, 2.75) is 13.1 Å². The molecule has 21 heavy (non-hydrogen) atoms. The Kier molecular flexibility index (Phi) is 4.32. The normalized spacial score (nSPS) is 13.5. The van der Waals surface area contributed by atoms with Crippen molar-refractivity contribution in [2.75, 3.05) is 20.3 Å². The summed E-state index contributed by atoms with van der Waals surface area (Å²) in [4.78, 5) is 2.23. The fourth-order valence-corrected chi connectivity index (χ4v) is 2.67. The van der Waals surface area contributed by atoms with Crippen molar-refractivity contribution in [3.05, 3.63) is 58.6 Å². The van der Waals surface area contributed by atoms with E-state index in [0.717, 1.165) is 35.2 Å². The van der Waals surface area contributed by atoms with Gasteiger partial charge in [0.05, 0.1) is 0 Å². The van der Waals surface area contributed by atoms with Gasteiger partial charge in [-0.3, -0.25) is 4.90 Å². The number of hydrogen-bond acceptors (Lipinski definition) is 3. The Balaban J connectivity index is 1.67. The predicted octanol–water partition coefficient (Wildman–Crippen LogP) is 3.74. The van der Waals surface area contributed by atoms with Crippen molar-refractivity contribution in [1.29, 1.82) is 0 Å². The van der Waals surface area contributed by atoms with Gasteiger partial charge in [-0.05, 0) is 36.4 Å². The van der Waals surface area contributed by atoms with E-state index in [0.29, 0.717) is 13.2 Å². The van der Waals surface area contributed by atoms with Gasteiger partial charge in [0, 0.05) is 18.1 Å². The molecule has 1 aliphatic rings. The van der Waals surface area contributed by atoms with Gasteiger partial charge in [0.2, 0.25) is 0 Å². The second-order valence-electron chi connectivity index (χ2n) is 5.24. The van der Waals surface area contributed by atoms with Gasteiger partial charge in [-0.1, -0.05) is 35.9 Å². The van der Waals surface area contributed by atoms with E-state index in [9.17, 15) is 0 Å². The van der Waals surface area contributed by atoms with E-state index in [1.807, 2.05) is 24.3 Å². The van der Waals surface area contributed by atoms with E-state index >= 15 is 0 Å². The molecule has 1 aliphatic heterocycles. The molecule has 0 unspecified atom stereocenters. The van der Waals surface area contributed by atoms with Crippen LogP contribution in [-0.2, 0) is 13.1 Å². The van der Waals surface area contributed by atoms with Crippen LogP contribution >= 0.6 is 11.6 Å². The molecule has 0 amide bonds. The number of rotatable bonds is 4. The summed E-state index contributed by atoms with van der Waals surface area (Å²) in [6.45, 7) is 2.89. The molecule has 0 spiro atoms. The monoisotopic (exact) mass is 303 g/mol. The number of halogens is 1. The molecule has 0 radical (unpaired) electrons. The first-order valence-corrected chi connectivity index (χ1v) is 7.40. The van der Waals surface area contributed by atoms with Crippen LogP contribution in [0.1, 0.15) is 11.1 Å². The average molecular weight is 304 g/mol. The largest absolute Gasteiger partial charge is 0.486 e. The Morgan fingerprint density at radius 2 is 1.76 bits per heavy atom. The maximum atomic E-state index is 6.20. The zero-order valence-corrected chi connectivity index (χ0v) is 12.8. The van der Waals surface area contributed by atoms with Crippen LogP contribution in [0, 0.1) is 0 Å². The van der Waals surface area contributed by atoms with Gasteiger partial charge >= 0.3 is 0 Å². The minimum absolute atomic E-state index is 0.617. The summed E-state index contributed by atoms with van der Waals surface area (Å²) in [5, 5.41) is 0.812. The van der Waals surface area contributed by atoms with Crippen LogP contribution in [0.2, 0.25) is 5.02 Å². The van der Waals surface area contributed by atoms with Crippen molar-refractivity contribution >= 4 is 11.6 Å². The summed E-state index contributed by atoms with van der Waals surface area (Å²) in [7, 11) is 2.08. The van der Waals surface area contributed by atoms with E-state index in [1.165, 1.54) is 5.56 Å². The van der Waals surface area contributed by atoms with Crippen LogP contribution in [0.25, 0.3) is 0 Å². The third kappa shape index (κ3) is 3.49. The molecule has 0 N–H and O–H groups in total. The highest BCUT2D eigenvalue weighted by atomic mass is 35.5. The molecule has 2 aromatic carbocycles. The second kappa shape index (κ2) is 6.37. The van der Waals surface area contributed by atoms with Gasteiger partial charge < -0.3 is 9.47 Å². The topological polar surface area (TPSA) is 21.7 Å². The fourth-order valence-electron chi connectivity index (χ4n) is 2.47. The van der Waals surface area contributed by atoms with Gasteiger partial charge in [0.25, 0.3) is 0 Å². The highest BCUT2D eigenvalue weighted by Crippen LogP contribution is 2.31. The number of hydrogen-bond donors (Lipinski definition) is 0. The van der Waals surface area contributed by atoms with Crippen LogP contribution < -0.4 is 9.47 Å². The van der Waals surface area contributed by atoms with Crippen LogP contribution in [-0.4, -0.2) is 25.2 Å². The van der Waals surface area contributed by atoms with E-state index in [4.69, 9.17) is 21.1 Å². The Morgan fingerprint density at radius 3 is 2.57 bits per heavy atom. The third-order valence-corrected chi connectivity index (χ3v) is 3.83. The van der Waals surface area contributed by atoms with Crippen molar-refractivity contribution in [3.63, 3.8) is 0 Å². The number of nitrogens with zero attached hydrogens (tertiary/aromatic N) is 1. The molecule has 3 nitrogen and oxygen atoms in total. The molecule has 2 aromatic rings. The number of ether oxygens (including phenoxy) is 2. The van der Waals surface area contributed by atoms with Crippen LogP contribution in [0.15, 0.2) is 42.5 Å². The SMILES string of the molecule is CN(Cc1ccc2c(c1)OCCO2)Cc1ccccc1Cl. The highest BCUT2D eigenvalue weighted by molar-refractivity contribution is 6.31. The lowest BCUT2D eigenvalue weighted by Gasteiger charge is -2.21. The lowest BCUT2D eigenvalue weighted by molar-refractivity contribution is 0.171. The Hall–Kier alpha value is -1.71. The molecule has 0 aliphatic carbocycles. The standard InChI is InChI=1S/C17H18ClNO2/c1-19(12-14-4-2-3-5-15(14)18)11-13-6-7-16-17(10-13)21-9-8-20-16/h2-7,10H,8-9,11-12H2,1H3. The molecule has 4 heteroatoms. The lowest BCUT2D eigenvalue weighted by atomic mass is 10.1. The fraction of sp³-hybridized carbons (Fsp3) is 0.294. The van der Waals surface area contributed by atoms with Gasteiger partial charge in [0.15, 0.2) is 11.5 Å². The van der Waals surface area contributed by atoms with Gasteiger partial charge in [-0.25, -0.2) is 0 Å². The first kappa shape index (κ1) is 14.2. The van der Waals surface area contributed by atoms with Crippen molar-refractivity contribution in [1.82, 2.24) is 4.90 Å². The Labute approximate surface area is 130 Å². The molecule has 0 bridgehead atoms. The van der Waals surface area contributed by atoms with Gasteiger partial charge in [0.1, 0.15) is 13.2 Å². The van der Waals surface area contributed by atoms with Crippen LogP contribution in [0.3, 0.4) is 0 Å². The summed E-state index contributed by atoms with van der Waals surface area (Å²) in [5.74, 6) is 1.67. The predicted molar refractivity (Wildman–Crippen MR) is 84.1 cm³/mol. The minimum atomic E-state index is 0.617. The minimum Gasteiger partial charge on any atom is -0.486 e. The number of benzene rings is 2. The van der Waals surface area contributed by atoms with Crippen molar-refractivity contribution in [2.24, 2.45) is 0 Å². The second-order valence-corrected chi connectivity index (χ2v) is 5.65. The molecule has 3 rings (SSSR count). The van der Waals surface area contributed by atoms with E-state index in [1.54, 1.807) is 0 Å². The summed E-state index contributed by atoms with van der Waals surface area (Å²) < 4.78 is 11.2. The molecular weight excluding hydrogens is 286 g/mol. The molecule has 0 fully saturated rings. The third-order valence-electron chi connectivity index (χ3n) is 3.46. The lowest BCUT2D eigenvalue weighted by Crippen LogP contribution is -2.18. The smallest absolute Gasteiger partial charge is 0.161 e. The molecule has 0 saturated carbocycles. The van der Waals surface area contributed by atoms with E-state index in [-0.39, 0.29) is 0 Å². The maximum Gasteiger partial charge on any atom is 0.161 e. The number of fused-ring (bicyclic) bond motifs is 1. The van der Waals surface area contributed by atoms with Crippen molar-refractivity contribution < 1.29 is 9.47 Å². The van der Waals surface area contributed by atoms with Crippen LogP contribution in [0.4, 0.5) is 0 Å². The Morgan fingerprint density at radius 1 is 1.00 bits per heavy atom. The molecule has 0 saturated heterocycles. The summed E-state index contributed by atoms with van der Waals surface area (Å²) in [5.41, 5.74) is 2.34. The summed E-state index contributed by atoms with van der Waals surface area (Å²) in [6.07, 6.45) is 0. The summed E-state index contributed by atoms with van der Waals surface area (Å²) >= 11 is 6.20. The molecule has 0 atom stereocenters. The first-order chi connectivity index (χ1) is 10.2. The zero-order valence-electron chi connectivity index (χ0n) is 12.0. The first-order valence-electron chi connectivity index (χ1n) is 7.03. The maximum absolute atomic E-state index is 6.20. The van der Waals surface area contributed by atoms with Crippen LogP contribution in [0.5, 0.6) is 11.5 Å². The zero-order chi connectivity index (χ0) is 14.7. The molecule has 110 valence electrons. The highest BCUT2D eigenvalue weighted by Gasteiger charge is 2.12. The molecule has 0 aromatic heterocycles. The molecular formula is C17H18ClNO2. The van der Waals surface area contributed by atoms with E-state index < -0.39 is 0 Å². The van der Waals surface area contributed by atoms with E-state index in [2.05, 4.69) is 30.1 Å². The molecule has 1 heterocycles. The van der Waals surface area contributed by atoms with Crippen molar-refractivity contribution in [3.8, 4) is 11.5 Å².